The topological polar surface area (TPSA) is 95.8 Å². The van der Waals surface area contributed by atoms with Gasteiger partial charge in [-0.05, 0) is 53.3 Å². The van der Waals surface area contributed by atoms with E-state index < -0.39 is 15.9 Å². The fourth-order valence-electron chi connectivity index (χ4n) is 2.89. The summed E-state index contributed by atoms with van der Waals surface area (Å²) in [5.41, 5.74) is 0.623. The third kappa shape index (κ3) is 3.85. The highest BCUT2D eigenvalue weighted by atomic mass is 79.9. The van der Waals surface area contributed by atoms with Gasteiger partial charge in [-0.2, -0.15) is 4.31 Å². The van der Waals surface area contributed by atoms with E-state index in [9.17, 15) is 13.2 Å². The van der Waals surface area contributed by atoms with Crippen molar-refractivity contribution in [1.29, 1.82) is 0 Å². The second-order valence-corrected chi connectivity index (χ2v) is 10.2. The number of furan rings is 1. The maximum absolute atomic E-state index is 12.9. The van der Waals surface area contributed by atoms with Crippen molar-refractivity contribution in [2.75, 3.05) is 38.5 Å². The van der Waals surface area contributed by atoms with Crippen molar-refractivity contribution in [2.24, 2.45) is 0 Å². The van der Waals surface area contributed by atoms with Crippen LogP contribution in [0.1, 0.15) is 10.6 Å². The average Bonchev–Trinajstić information content (AvgIpc) is 3.27. The van der Waals surface area contributed by atoms with Gasteiger partial charge in [0.1, 0.15) is 0 Å². The Balaban J connectivity index is 1.57. The number of fused-ring (bicyclic) bond motifs is 1. The van der Waals surface area contributed by atoms with E-state index in [1.165, 1.54) is 15.6 Å². The molecule has 0 aliphatic carbocycles. The number of aromatic nitrogens is 1. The van der Waals surface area contributed by atoms with E-state index in [2.05, 4.69) is 31.1 Å². The molecule has 3 heterocycles. The molecule has 1 N–H and O–H groups in total. The zero-order chi connectivity index (χ0) is 19.9. The van der Waals surface area contributed by atoms with Crippen LogP contribution >= 0.6 is 27.3 Å². The number of benzene rings is 1. The molecule has 1 aliphatic rings. The first-order valence-electron chi connectivity index (χ1n) is 8.49. The van der Waals surface area contributed by atoms with Crippen LogP contribution < -0.4 is 5.32 Å². The largest absolute Gasteiger partial charge is 0.444 e. The van der Waals surface area contributed by atoms with Gasteiger partial charge in [0, 0.05) is 26.2 Å². The first-order valence-corrected chi connectivity index (χ1v) is 11.5. The number of halogens is 1. The smallest absolute Gasteiger partial charge is 0.293 e. The number of likely N-dealkylation sites (N-methyl/N-ethyl adjacent to an activating group) is 1. The Hall–Kier alpha value is -1.79. The minimum Gasteiger partial charge on any atom is -0.444 e. The van der Waals surface area contributed by atoms with Crippen LogP contribution in [0.5, 0.6) is 0 Å². The molecule has 148 valence electrons. The number of nitrogens with zero attached hydrogens (tertiary/aromatic N) is 3. The molecule has 1 aromatic carbocycles. The normalized spacial score (nSPS) is 16.5. The molecule has 11 heteroatoms. The van der Waals surface area contributed by atoms with Crippen LogP contribution in [0, 0.1) is 0 Å². The van der Waals surface area contributed by atoms with E-state index >= 15 is 0 Å². The van der Waals surface area contributed by atoms with E-state index in [-0.39, 0.29) is 10.7 Å². The molecule has 4 rings (SSSR count). The molecule has 1 fully saturated rings. The number of nitrogens with one attached hydrogen (secondary N) is 1. The van der Waals surface area contributed by atoms with Crippen molar-refractivity contribution in [1.82, 2.24) is 14.2 Å². The maximum Gasteiger partial charge on any atom is 0.293 e. The van der Waals surface area contributed by atoms with Gasteiger partial charge in [0.25, 0.3) is 5.91 Å². The van der Waals surface area contributed by atoms with Gasteiger partial charge >= 0.3 is 0 Å². The number of carbonyl (C=O) groups excluding carboxylic acids is 1. The summed E-state index contributed by atoms with van der Waals surface area (Å²) in [6, 6.07) is 8.01. The van der Waals surface area contributed by atoms with Crippen molar-refractivity contribution in [3.05, 3.63) is 40.8 Å². The third-order valence-electron chi connectivity index (χ3n) is 4.48. The molecule has 1 aliphatic heterocycles. The molecular weight excluding hydrogens is 468 g/mol. The highest BCUT2D eigenvalue weighted by Gasteiger charge is 2.28. The average molecular weight is 485 g/mol. The van der Waals surface area contributed by atoms with Crippen molar-refractivity contribution < 1.29 is 17.6 Å². The van der Waals surface area contributed by atoms with Crippen LogP contribution in [0.3, 0.4) is 0 Å². The summed E-state index contributed by atoms with van der Waals surface area (Å²) < 4.78 is 33.7. The number of carbonyl (C=O) groups is 1. The molecule has 1 amide bonds. The van der Waals surface area contributed by atoms with Gasteiger partial charge < -0.3 is 9.32 Å². The number of anilines is 1. The minimum absolute atomic E-state index is 0.157. The van der Waals surface area contributed by atoms with Gasteiger partial charge in [-0.25, -0.2) is 13.4 Å². The molecule has 0 radical (unpaired) electrons. The second-order valence-electron chi connectivity index (χ2n) is 6.41. The Kier molecular flexibility index (Phi) is 5.27. The summed E-state index contributed by atoms with van der Waals surface area (Å²) in [7, 11) is -1.58. The monoisotopic (exact) mass is 484 g/mol. The minimum atomic E-state index is -3.55. The highest BCUT2D eigenvalue weighted by molar-refractivity contribution is 9.10. The Morgan fingerprint density at radius 2 is 1.96 bits per heavy atom. The zero-order valence-electron chi connectivity index (χ0n) is 14.9. The highest BCUT2D eigenvalue weighted by Crippen LogP contribution is 2.30. The summed E-state index contributed by atoms with van der Waals surface area (Å²) in [5.74, 6) is -0.264. The summed E-state index contributed by atoms with van der Waals surface area (Å²) in [6.07, 6.45) is 0. The van der Waals surface area contributed by atoms with Crippen LogP contribution in [-0.4, -0.2) is 61.7 Å². The van der Waals surface area contributed by atoms with Crippen LogP contribution in [0.2, 0.25) is 0 Å². The molecule has 0 unspecified atom stereocenters. The molecule has 0 atom stereocenters. The Morgan fingerprint density at radius 1 is 1.21 bits per heavy atom. The second kappa shape index (κ2) is 7.56. The first kappa shape index (κ1) is 19.5. The van der Waals surface area contributed by atoms with Crippen LogP contribution in [0.25, 0.3) is 10.2 Å². The predicted molar refractivity (Wildman–Crippen MR) is 110 cm³/mol. The van der Waals surface area contributed by atoms with Crippen molar-refractivity contribution >= 4 is 58.5 Å². The molecular formula is C17H17BrN4O4S2. The van der Waals surface area contributed by atoms with Gasteiger partial charge in [0.15, 0.2) is 15.6 Å². The summed E-state index contributed by atoms with van der Waals surface area (Å²) in [4.78, 5) is 18.9. The standard InChI is InChI=1S/C17H17BrN4O4S2/c1-21-6-8-22(9-7-21)28(24,25)11-2-3-12-14(10-11)27-17(19-12)20-16(23)13-4-5-15(18)26-13/h2-5,10H,6-9H2,1H3,(H,19,20,23). The van der Waals surface area contributed by atoms with E-state index in [4.69, 9.17) is 4.42 Å². The van der Waals surface area contributed by atoms with Gasteiger partial charge in [-0.1, -0.05) is 11.3 Å². The number of piperazine rings is 1. The molecule has 0 bridgehead atoms. The zero-order valence-corrected chi connectivity index (χ0v) is 18.1. The first-order chi connectivity index (χ1) is 13.3. The Morgan fingerprint density at radius 3 is 2.64 bits per heavy atom. The van der Waals surface area contributed by atoms with Gasteiger partial charge in [0.2, 0.25) is 10.0 Å². The van der Waals surface area contributed by atoms with E-state index in [0.717, 1.165) is 0 Å². The summed E-state index contributed by atoms with van der Waals surface area (Å²) >= 11 is 4.37. The summed E-state index contributed by atoms with van der Waals surface area (Å²) in [6.45, 7) is 2.36. The SMILES string of the molecule is CN1CCN(S(=O)(=O)c2ccc3nc(NC(=O)c4ccc(Br)o4)sc3c2)CC1. The Labute approximate surface area is 174 Å². The number of hydrogen-bond donors (Lipinski definition) is 1. The van der Waals surface area contributed by atoms with E-state index in [0.29, 0.717) is 46.2 Å². The lowest BCUT2D eigenvalue weighted by Crippen LogP contribution is -2.46. The molecule has 28 heavy (non-hydrogen) atoms. The molecule has 3 aromatic rings. The molecule has 0 saturated carbocycles. The van der Waals surface area contributed by atoms with Crippen molar-refractivity contribution in [3.63, 3.8) is 0 Å². The van der Waals surface area contributed by atoms with Crippen LogP contribution in [0.15, 0.2) is 44.3 Å². The van der Waals surface area contributed by atoms with Crippen molar-refractivity contribution in [2.45, 2.75) is 4.90 Å². The Bertz CT molecular complexity index is 1130. The fraction of sp³-hybridized carbons (Fsp3) is 0.294. The quantitative estimate of drug-likeness (QED) is 0.611. The van der Waals surface area contributed by atoms with Gasteiger partial charge in [-0.3, -0.25) is 10.1 Å². The number of hydrogen-bond acceptors (Lipinski definition) is 7. The lowest BCUT2D eigenvalue weighted by Gasteiger charge is -2.31. The molecule has 1 saturated heterocycles. The number of sulfonamides is 1. The molecule has 0 spiro atoms. The predicted octanol–water partition coefficient (Wildman–Crippen LogP) is 2.84. The maximum atomic E-state index is 12.9. The number of thiazole rings is 1. The lowest BCUT2D eigenvalue weighted by atomic mass is 10.3. The molecule has 2 aromatic heterocycles. The summed E-state index contributed by atoms with van der Waals surface area (Å²) in [5, 5.41) is 3.05. The van der Waals surface area contributed by atoms with Gasteiger partial charge in [0.05, 0.1) is 15.1 Å². The fourth-order valence-corrected chi connectivity index (χ4v) is 5.62. The third-order valence-corrected chi connectivity index (χ3v) is 7.73. The van der Waals surface area contributed by atoms with Crippen LogP contribution in [0.4, 0.5) is 5.13 Å². The van der Waals surface area contributed by atoms with Crippen LogP contribution in [-0.2, 0) is 10.0 Å². The van der Waals surface area contributed by atoms with Crippen molar-refractivity contribution in [3.8, 4) is 0 Å². The van der Waals surface area contributed by atoms with Gasteiger partial charge in [-0.15, -0.1) is 0 Å². The molecule has 8 nitrogen and oxygen atoms in total. The van der Waals surface area contributed by atoms with E-state index in [1.807, 2.05) is 7.05 Å². The lowest BCUT2D eigenvalue weighted by molar-refractivity contribution is 0.0995. The number of rotatable bonds is 4. The number of amides is 1. The van der Waals surface area contributed by atoms with E-state index in [1.54, 1.807) is 30.3 Å².